The summed E-state index contributed by atoms with van der Waals surface area (Å²) in [5.74, 6) is 1.07. The van der Waals surface area contributed by atoms with E-state index in [2.05, 4.69) is 9.88 Å². The Morgan fingerprint density at radius 1 is 1.38 bits per heavy atom. The van der Waals surface area contributed by atoms with Gasteiger partial charge >= 0.3 is 0 Å². The smallest absolute Gasteiger partial charge is 0.293 e. The summed E-state index contributed by atoms with van der Waals surface area (Å²) >= 11 is 5.64. The molecule has 1 aliphatic heterocycles. The lowest BCUT2D eigenvalue weighted by molar-refractivity contribution is 0.0470. The van der Waals surface area contributed by atoms with Gasteiger partial charge in [-0.3, -0.25) is 4.79 Å². The molecule has 0 aromatic carbocycles. The van der Waals surface area contributed by atoms with Crippen LogP contribution >= 0.6 is 11.6 Å². The zero-order valence-electron chi connectivity index (χ0n) is 13.0. The standard InChI is InChI=1S/C15H24ClN3O2/c1-15(2,3)19-10-7-17-13(14(19)20)18-8-4-12(5-9-18)21-11-6-16/h7,10,12H,4-6,8-9,11H2,1-3H3. The first-order chi connectivity index (χ1) is 9.93. The molecular formula is C15H24ClN3O2. The molecule has 0 aliphatic carbocycles. The number of alkyl halides is 1. The Morgan fingerprint density at radius 2 is 2.05 bits per heavy atom. The third-order valence-electron chi connectivity index (χ3n) is 3.72. The van der Waals surface area contributed by atoms with Gasteiger partial charge in [-0.05, 0) is 33.6 Å². The first-order valence-corrected chi connectivity index (χ1v) is 7.97. The number of aromatic nitrogens is 2. The molecule has 0 unspecified atom stereocenters. The fraction of sp³-hybridized carbons (Fsp3) is 0.733. The molecule has 1 saturated heterocycles. The van der Waals surface area contributed by atoms with Crippen LogP contribution in [-0.2, 0) is 10.3 Å². The van der Waals surface area contributed by atoms with Crippen molar-refractivity contribution in [3.8, 4) is 0 Å². The van der Waals surface area contributed by atoms with Gasteiger partial charge in [0, 0.05) is 36.9 Å². The second kappa shape index (κ2) is 6.79. The molecule has 2 rings (SSSR count). The van der Waals surface area contributed by atoms with E-state index in [1.807, 2.05) is 20.8 Å². The molecule has 1 aliphatic rings. The Labute approximate surface area is 130 Å². The highest BCUT2D eigenvalue weighted by atomic mass is 35.5. The molecule has 0 radical (unpaired) electrons. The number of piperidine rings is 1. The average Bonchev–Trinajstić information content (AvgIpc) is 2.45. The SMILES string of the molecule is CC(C)(C)n1ccnc(N2CCC(OCCCl)CC2)c1=O. The highest BCUT2D eigenvalue weighted by Gasteiger charge is 2.24. The van der Waals surface area contributed by atoms with Crippen molar-refractivity contribution in [3.63, 3.8) is 0 Å². The number of hydrogen-bond donors (Lipinski definition) is 0. The van der Waals surface area contributed by atoms with Crippen LogP contribution in [0.3, 0.4) is 0 Å². The largest absolute Gasteiger partial charge is 0.377 e. The second-order valence-corrected chi connectivity index (χ2v) is 6.72. The first-order valence-electron chi connectivity index (χ1n) is 7.44. The van der Waals surface area contributed by atoms with Crippen LogP contribution in [-0.4, -0.2) is 41.2 Å². The first kappa shape index (κ1) is 16.3. The van der Waals surface area contributed by atoms with Gasteiger partial charge < -0.3 is 14.2 Å². The molecule has 2 heterocycles. The summed E-state index contributed by atoms with van der Waals surface area (Å²) in [6.07, 6.45) is 5.51. The Hall–Kier alpha value is -1.07. The van der Waals surface area contributed by atoms with Crippen molar-refractivity contribution in [3.05, 3.63) is 22.7 Å². The van der Waals surface area contributed by atoms with E-state index < -0.39 is 0 Å². The van der Waals surface area contributed by atoms with Crippen molar-refractivity contribution < 1.29 is 4.74 Å². The van der Waals surface area contributed by atoms with Crippen LogP contribution in [0.5, 0.6) is 0 Å². The Kier molecular flexibility index (Phi) is 5.27. The summed E-state index contributed by atoms with van der Waals surface area (Å²) < 4.78 is 7.40. The molecule has 118 valence electrons. The maximum Gasteiger partial charge on any atom is 0.293 e. The number of anilines is 1. The van der Waals surface area contributed by atoms with Crippen LogP contribution < -0.4 is 10.5 Å². The Bertz CT molecular complexity index is 516. The lowest BCUT2D eigenvalue weighted by Gasteiger charge is -2.33. The highest BCUT2D eigenvalue weighted by molar-refractivity contribution is 6.17. The number of hydrogen-bond acceptors (Lipinski definition) is 4. The lowest BCUT2D eigenvalue weighted by atomic mass is 10.1. The van der Waals surface area contributed by atoms with Crippen molar-refractivity contribution in [1.29, 1.82) is 0 Å². The maximum atomic E-state index is 12.6. The molecule has 0 N–H and O–H groups in total. The number of ether oxygens (including phenoxy) is 1. The van der Waals surface area contributed by atoms with E-state index in [0.717, 1.165) is 25.9 Å². The summed E-state index contributed by atoms with van der Waals surface area (Å²) in [5.41, 5.74) is -0.263. The van der Waals surface area contributed by atoms with Gasteiger partial charge in [-0.25, -0.2) is 4.98 Å². The van der Waals surface area contributed by atoms with Crippen molar-refractivity contribution in [1.82, 2.24) is 9.55 Å². The molecule has 21 heavy (non-hydrogen) atoms. The molecule has 0 saturated carbocycles. The predicted octanol–water partition coefficient (Wildman–Crippen LogP) is 2.22. The molecule has 1 fully saturated rings. The van der Waals surface area contributed by atoms with Crippen LogP contribution in [0.4, 0.5) is 5.82 Å². The van der Waals surface area contributed by atoms with Gasteiger partial charge in [-0.1, -0.05) is 0 Å². The number of rotatable bonds is 4. The second-order valence-electron chi connectivity index (χ2n) is 6.34. The van der Waals surface area contributed by atoms with Crippen LogP contribution in [0.1, 0.15) is 33.6 Å². The van der Waals surface area contributed by atoms with E-state index in [1.165, 1.54) is 0 Å². The summed E-state index contributed by atoms with van der Waals surface area (Å²) in [4.78, 5) is 18.9. The van der Waals surface area contributed by atoms with Gasteiger partial charge in [0.25, 0.3) is 5.56 Å². The van der Waals surface area contributed by atoms with Crippen LogP contribution in [0.2, 0.25) is 0 Å². The quantitative estimate of drug-likeness (QED) is 0.800. The monoisotopic (exact) mass is 313 g/mol. The molecule has 5 nitrogen and oxygen atoms in total. The fourth-order valence-electron chi connectivity index (χ4n) is 2.59. The Morgan fingerprint density at radius 3 is 2.62 bits per heavy atom. The zero-order chi connectivity index (χ0) is 15.5. The highest BCUT2D eigenvalue weighted by Crippen LogP contribution is 2.18. The molecule has 1 aromatic rings. The number of halogens is 1. The molecule has 0 atom stereocenters. The zero-order valence-corrected chi connectivity index (χ0v) is 13.8. The van der Waals surface area contributed by atoms with Gasteiger partial charge in [0.15, 0.2) is 5.82 Å². The van der Waals surface area contributed by atoms with E-state index in [9.17, 15) is 4.79 Å². The minimum atomic E-state index is -0.240. The minimum absolute atomic E-state index is 0.0230. The summed E-state index contributed by atoms with van der Waals surface area (Å²) in [7, 11) is 0. The fourth-order valence-corrected chi connectivity index (χ4v) is 2.68. The topological polar surface area (TPSA) is 47.4 Å². The third kappa shape index (κ3) is 3.98. The minimum Gasteiger partial charge on any atom is -0.377 e. The van der Waals surface area contributed by atoms with Crippen molar-refractivity contribution in [2.24, 2.45) is 0 Å². The molecule has 0 amide bonds. The van der Waals surface area contributed by atoms with E-state index in [4.69, 9.17) is 16.3 Å². The van der Waals surface area contributed by atoms with E-state index >= 15 is 0 Å². The summed E-state index contributed by atoms with van der Waals surface area (Å²) in [6.45, 7) is 8.23. The Balaban J connectivity index is 2.09. The van der Waals surface area contributed by atoms with E-state index in [1.54, 1.807) is 17.0 Å². The normalized spacial score (nSPS) is 17.2. The summed E-state index contributed by atoms with van der Waals surface area (Å²) in [5, 5.41) is 0. The molecule has 0 spiro atoms. The van der Waals surface area contributed by atoms with Crippen LogP contribution in [0.15, 0.2) is 17.2 Å². The van der Waals surface area contributed by atoms with Crippen LogP contribution in [0.25, 0.3) is 0 Å². The van der Waals surface area contributed by atoms with Gasteiger partial charge in [0.2, 0.25) is 0 Å². The van der Waals surface area contributed by atoms with Gasteiger partial charge in [0.1, 0.15) is 0 Å². The summed E-state index contributed by atoms with van der Waals surface area (Å²) in [6, 6.07) is 0. The van der Waals surface area contributed by atoms with Crippen molar-refractivity contribution >= 4 is 17.4 Å². The number of nitrogens with zero attached hydrogens (tertiary/aromatic N) is 3. The predicted molar refractivity (Wildman–Crippen MR) is 85.4 cm³/mol. The van der Waals surface area contributed by atoms with Gasteiger partial charge in [-0.2, -0.15) is 0 Å². The van der Waals surface area contributed by atoms with Crippen LogP contribution in [0, 0.1) is 0 Å². The molecular weight excluding hydrogens is 290 g/mol. The lowest BCUT2D eigenvalue weighted by Crippen LogP contribution is -2.43. The maximum absolute atomic E-state index is 12.6. The van der Waals surface area contributed by atoms with Gasteiger partial charge in [-0.15, -0.1) is 11.6 Å². The average molecular weight is 314 g/mol. The molecule has 6 heteroatoms. The molecule has 0 bridgehead atoms. The van der Waals surface area contributed by atoms with E-state index in [0.29, 0.717) is 18.3 Å². The third-order valence-corrected chi connectivity index (χ3v) is 3.87. The van der Waals surface area contributed by atoms with E-state index in [-0.39, 0.29) is 17.2 Å². The van der Waals surface area contributed by atoms with Gasteiger partial charge in [0.05, 0.1) is 12.7 Å². The van der Waals surface area contributed by atoms with Crippen molar-refractivity contribution in [2.75, 3.05) is 30.5 Å². The molecule has 1 aromatic heterocycles. The van der Waals surface area contributed by atoms with Crippen molar-refractivity contribution in [2.45, 2.75) is 45.3 Å².